The lowest BCUT2D eigenvalue weighted by Gasteiger charge is -2.34. The highest BCUT2D eigenvalue weighted by atomic mass is 19.1. The standard InChI is InChI=1S/C16H27FN2/c1-4-5-6-7-8-15(19-18)16(2,3)13-9-11-14(17)12-10-13/h9-12,15,19H,4-8,18H2,1-3H3. The highest BCUT2D eigenvalue weighted by Gasteiger charge is 2.30. The van der Waals surface area contributed by atoms with E-state index in [-0.39, 0.29) is 17.3 Å². The van der Waals surface area contributed by atoms with Gasteiger partial charge in [0.2, 0.25) is 0 Å². The summed E-state index contributed by atoms with van der Waals surface area (Å²) in [5.74, 6) is 5.52. The minimum Gasteiger partial charge on any atom is -0.271 e. The van der Waals surface area contributed by atoms with Crippen molar-refractivity contribution in [2.45, 2.75) is 64.3 Å². The van der Waals surface area contributed by atoms with Crippen LogP contribution in [0.15, 0.2) is 24.3 Å². The Morgan fingerprint density at radius 3 is 2.32 bits per heavy atom. The Hall–Kier alpha value is -0.930. The number of hydrazine groups is 1. The molecule has 3 heteroatoms. The predicted molar refractivity (Wildman–Crippen MR) is 79.3 cm³/mol. The molecule has 0 aliphatic heterocycles. The molecular formula is C16H27FN2. The molecule has 0 aliphatic rings. The zero-order valence-corrected chi connectivity index (χ0v) is 12.4. The maximum atomic E-state index is 13.0. The van der Waals surface area contributed by atoms with Gasteiger partial charge in [0.15, 0.2) is 0 Å². The van der Waals surface area contributed by atoms with Crippen LogP contribution in [0.1, 0.15) is 58.4 Å². The minimum atomic E-state index is -0.195. The van der Waals surface area contributed by atoms with E-state index in [0.29, 0.717) is 0 Å². The number of hydrogen-bond acceptors (Lipinski definition) is 2. The third-order valence-electron chi connectivity index (χ3n) is 4.01. The van der Waals surface area contributed by atoms with Crippen molar-refractivity contribution in [2.75, 3.05) is 0 Å². The molecular weight excluding hydrogens is 239 g/mol. The third kappa shape index (κ3) is 4.59. The maximum absolute atomic E-state index is 13.0. The SMILES string of the molecule is CCCCCCC(NN)C(C)(C)c1ccc(F)cc1. The maximum Gasteiger partial charge on any atom is 0.123 e. The van der Waals surface area contributed by atoms with E-state index in [4.69, 9.17) is 5.84 Å². The largest absolute Gasteiger partial charge is 0.271 e. The highest BCUT2D eigenvalue weighted by Crippen LogP contribution is 2.29. The first kappa shape index (κ1) is 16.1. The van der Waals surface area contributed by atoms with E-state index >= 15 is 0 Å². The topological polar surface area (TPSA) is 38.0 Å². The van der Waals surface area contributed by atoms with Crippen molar-refractivity contribution in [3.63, 3.8) is 0 Å². The van der Waals surface area contributed by atoms with Crippen LogP contribution in [0.2, 0.25) is 0 Å². The lowest BCUT2D eigenvalue weighted by atomic mass is 9.76. The number of hydrogen-bond donors (Lipinski definition) is 2. The lowest BCUT2D eigenvalue weighted by molar-refractivity contribution is 0.317. The van der Waals surface area contributed by atoms with Crippen LogP contribution in [0.5, 0.6) is 0 Å². The number of nitrogens with one attached hydrogen (secondary N) is 1. The lowest BCUT2D eigenvalue weighted by Crippen LogP contribution is -2.48. The van der Waals surface area contributed by atoms with E-state index in [2.05, 4.69) is 26.2 Å². The second-order valence-electron chi connectivity index (χ2n) is 5.80. The molecule has 3 N–H and O–H groups in total. The Bertz CT molecular complexity index is 360. The van der Waals surface area contributed by atoms with Crippen molar-refractivity contribution in [3.8, 4) is 0 Å². The second-order valence-corrected chi connectivity index (χ2v) is 5.80. The molecule has 108 valence electrons. The smallest absolute Gasteiger partial charge is 0.123 e. The molecule has 2 nitrogen and oxygen atoms in total. The Morgan fingerprint density at radius 2 is 1.79 bits per heavy atom. The van der Waals surface area contributed by atoms with Crippen molar-refractivity contribution in [1.82, 2.24) is 5.43 Å². The van der Waals surface area contributed by atoms with Gasteiger partial charge in [-0.15, -0.1) is 0 Å². The molecule has 0 heterocycles. The fraction of sp³-hybridized carbons (Fsp3) is 0.625. The number of benzene rings is 1. The number of rotatable bonds is 8. The first-order chi connectivity index (χ1) is 9.02. The van der Waals surface area contributed by atoms with Crippen LogP contribution in [-0.4, -0.2) is 6.04 Å². The summed E-state index contributed by atoms with van der Waals surface area (Å²) in [5.41, 5.74) is 3.95. The van der Waals surface area contributed by atoms with E-state index in [1.165, 1.54) is 37.8 Å². The van der Waals surface area contributed by atoms with Crippen molar-refractivity contribution in [3.05, 3.63) is 35.6 Å². The summed E-state index contributed by atoms with van der Waals surface area (Å²) in [6.07, 6.45) is 5.97. The molecule has 0 aromatic heterocycles. The quantitative estimate of drug-likeness (QED) is 0.425. The summed E-state index contributed by atoms with van der Waals surface area (Å²) >= 11 is 0. The van der Waals surface area contributed by atoms with E-state index in [0.717, 1.165) is 12.0 Å². The van der Waals surface area contributed by atoms with Gasteiger partial charge in [0.25, 0.3) is 0 Å². The van der Waals surface area contributed by atoms with Crippen molar-refractivity contribution in [2.24, 2.45) is 5.84 Å². The van der Waals surface area contributed by atoms with Gasteiger partial charge in [-0.1, -0.05) is 58.6 Å². The van der Waals surface area contributed by atoms with Crippen molar-refractivity contribution in [1.29, 1.82) is 0 Å². The zero-order chi connectivity index (χ0) is 14.3. The average Bonchev–Trinajstić information content (AvgIpc) is 2.39. The van der Waals surface area contributed by atoms with Crippen LogP contribution in [0.25, 0.3) is 0 Å². The van der Waals surface area contributed by atoms with Crippen LogP contribution in [-0.2, 0) is 5.41 Å². The van der Waals surface area contributed by atoms with Gasteiger partial charge in [0, 0.05) is 11.5 Å². The van der Waals surface area contributed by atoms with Crippen LogP contribution >= 0.6 is 0 Å². The van der Waals surface area contributed by atoms with Crippen LogP contribution in [0.4, 0.5) is 4.39 Å². The number of halogens is 1. The third-order valence-corrected chi connectivity index (χ3v) is 4.01. The van der Waals surface area contributed by atoms with Gasteiger partial charge in [0.1, 0.15) is 5.82 Å². The summed E-state index contributed by atoms with van der Waals surface area (Å²) in [6.45, 7) is 6.52. The molecule has 0 fully saturated rings. The Kier molecular flexibility index (Phi) is 6.46. The molecule has 0 radical (unpaired) electrons. The molecule has 1 rings (SSSR count). The van der Waals surface area contributed by atoms with E-state index in [1.54, 1.807) is 0 Å². The van der Waals surface area contributed by atoms with E-state index < -0.39 is 0 Å². The van der Waals surface area contributed by atoms with Crippen molar-refractivity contribution >= 4 is 0 Å². The van der Waals surface area contributed by atoms with Gasteiger partial charge in [-0.05, 0) is 24.1 Å². The van der Waals surface area contributed by atoms with Gasteiger partial charge in [-0.25, -0.2) is 4.39 Å². The van der Waals surface area contributed by atoms with Gasteiger partial charge < -0.3 is 0 Å². The average molecular weight is 266 g/mol. The first-order valence-corrected chi connectivity index (χ1v) is 7.24. The van der Waals surface area contributed by atoms with Gasteiger partial charge >= 0.3 is 0 Å². The summed E-state index contributed by atoms with van der Waals surface area (Å²) in [5, 5.41) is 0. The molecule has 1 aromatic carbocycles. The minimum absolute atomic E-state index is 0.103. The van der Waals surface area contributed by atoms with Gasteiger partial charge in [0.05, 0.1) is 0 Å². The molecule has 0 aliphatic carbocycles. The summed E-state index contributed by atoms with van der Waals surface area (Å²) in [7, 11) is 0. The molecule has 0 spiro atoms. The van der Waals surface area contributed by atoms with Crippen LogP contribution in [0.3, 0.4) is 0 Å². The Balaban J connectivity index is 2.68. The first-order valence-electron chi connectivity index (χ1n) is 7.24. The monoisotopic (exact) mass is 266 g/mol. The molecule has 0 amide bonds. The fourth-order valence-corrected chi connectivity index (χ4v) is 2.51. The molecule has 1 unspecified atom stereocenters. The summed E-state index contributed by atoms with van der Waals surface area (Å²) in [4.78, 5) is 0. The molecule has 0 saturated carbocycles. The van der Waals surface area contributed by atoms with Crippen molar-refractivity contribution < 1.29 is 4.39 Å². The summed E-state index contributed by atoms with van der Waals surface area (Å²) < 4.78 is 13.0. The Morgan fingerprint density at radius 1 is 1.16 bits per heavy atom. The predicted octanol–water partition coefficient (Wildman–Crippen LogP) is 3.91. The molecule has 0 bridgehead atoms. The van der Waals surface area contributed by atoms with Gasteiger partial charge in [-0.3, -0.25) is 11.3 Å². The zero-order valence-electron chi connectivity index (χ0n) is 12.4. The molecule has 0 saturated heterocycles. The molecule has 1 aromatic rings. The van der Waals surface area contributed by atoms with E-state index in [9.17, 15) is 4.39 Å². The van der Waals surface area contributed by atoms with Crippen LogP contribution < -0.4 is 11.3 Å². The normalized spacial score (nSPS) is 13.5. The summed E-state index contributed by atoms with van der Waals surface area (Å²) in [6, 6.07) is 6.94. The molecule has 1 atom stereocenters. The number of nitrogens with two attached hydrogens (primary N) is 1. The number of unbranched alkanes of at least 4 members (excludes halogenated alkanes) is 3. The fourth-order valence-electron chi connectivity index (χ4n) is 2.51. The molecule has 19 heavy (non-hydrogen) atoms. The Labute approximate surface area is 116 Å². The van der Waals surface area contributed by atoms with Gasteiger partial charge in [-0.2, -0.15) is 0 Å². The van der Waals surface area contributed by atoms with E-state index in [1.807, 2.05) is 12.1 Å². The second kappa shape index (κ2) is 7.61. The highest BCUT2D eigenvalue weighted by molar-refractivity contribution is 5.26. The van der Waals surface area contributed by atoms with Crippen LogP contribution in [0, 0.1) is 5.82 Å².